The molecule has 3 nitrogen and oxygen atoms in total. The minimum absolute atomic E-state index is 0.0614. The number of carbonyl (C=O) groups excluding carboxylic acids is 1. The maximum atomic E-state index is 12.7. The molecule has 0 bridgehead atoms. The van der Waals surface area contributed by atoms with Crippen LogP contribution in [0.1, 0.15) is 23.2 Å². The van der Waals surface area contributed by atoms with E-state index in [4.69, 9.17) is 11.6 Å². The van der Waals surface area contributed by atoms with Gasteiger partial charge in [-0.1, -0.05) is 0 Å². The lowest BCUT2D eigenvalue weighted by Crippen LogP contribution is -2.11. The van der Waals surface area contributed by atoms with E-state index in [0.717, 1.165) is 6.20 Å². The van der Waals surface area contributed by atoms with E-state index in [1.165, 1.54) is 7.11 Å². The minimum atomic E-state index is -2.63. The van der Waals surface area contributed by atoms with Gasteiger partial charge >= 0.3 is 5.97 Å². The van der Waals surface area contributed by atoms with Crippen LogP contribution in [0.5, 0.6) is 0 Å². The predicted molar refractivity (Wildman–Crippen MR) is 67.2 cm³/mol. The van der Waals surface area contributed by atoms with E-state index in [-0.39, 0.29) is 17.9 Å². The van der Waals surface area contributed by atoms with Crippen LogP contribution in [0.15, 0.2) is 6.20 Å². The lowest BCUT2D eigenvalue weighted by Gasteiger charge is -2.11. The van der Waals surface area contributed by atoms with Crippen LogP contribution >= 0.6 is 34.2 Å². The SMILES string of the molecule is COC(=O)Cc1c(CCl)ncc(C(F)F)c1I. The van der Waals surface area contributed by atoms with Gasteiger partial charge in [-0.05, 0) is 28.2 Å². The van der Waals surface area contributed by atoms with Crippen LogP contribution < -0.4 is 0 Å². The standard InChI is InChI=1S/C10H9ClF2INO2/c1-17-8(16)2-5-7(3-11)15-4-6(9(5)14)10(12)13/h4,10H,2-3H2,1H3. The fourth-order valence-electron chi connectivity index (χ4n) is 1.25. The number of hydrogen-bond acceptors (Lipinski definition) is 3. The van der Waals surface area contributed by atoms with Crippen molar-refractivity contribution in [3.8, 4) is 0 Å². The second kappa shape index (κ2) is 6.44. The number of pyridine rings is 1. The molecule has 0 spiro atoms. The predicted octanol–water partition coefficient (Wildman–Crippen LogP) is 3.08. The first-order chi connectivity index (χ1) is 8.01. The van der Waals surface area contributed by atoms with Crippen molar-refractivity contribution >= 4 is 40.2 Å². The van der Waals surface area contributed by atoms with Crippen LogP contribution in [0.4, 0.5) is 8.78 Å². The Hall–Kier alpha value is -0.500. The molecule has 1 aromatic heterocycles. The molecule has 0 amide bonds. The summed E-state index contributed by atoms with van der Waals surface area (Å²) in [5.74, 6) is -0.450. The van der Waals surface area contributed by atoms with Crippen LogP contribution in [-0.2, 0) is 21.8 Å². The van der Waals surface area contributed by atoms with Crippen LogP contribution in [0.3, 0.4) is 0 Å². The molecule has 0 radical (unpaired) electrons. The first-order valence-corrected chi connectivity index (χ1v) is 6.19. The average Bonchev–Trinajstić information content (AvgIpc) is 2.30. The lowest BCUT2D eigenvalue weighted by molar-refractivity contribution is -0.139. The van der Waals surface area contributed by atoms with Crippen LogP contribution in [0.2, 0.25) is 0 Å². The molecule has 1 aromatic rings. The molecular weight excluding hydrogens is 366 g/mol. The number of halogens is 4. The largest absolute Gasteiger partial charge is 0.469 e. The molecule has 0 unspecified atom stereocenters. The van der Waals surface area contributed by atoms with Crippen molar-refractivity contribution in [2.24, 2.45) is 0 Å². The molecule has 0 atom stereocenters. The van der Waals surface area contributed by atoms with Gasteiger partial charge in [0.15, 0.2) is 0 Å². The van der Waals surface area contributed by atoms with Gasteiger partial charge < -0.3 is 4.74 Å². The Balaban J connectivity index is 3.22. The molecule has 0 saturated heterocycles. The first kappa shape index (κ1) is 14.6. The number of hydrogen-bond donors (Lipinski definition) is 0. The zero-order chi connectivity index (χ0) is 13.0. The number of rotatable bonds is 4. The molecule has 94 valence electrons. The zero-order valence-corrected chi connectivity index (χ0v) is 11.8. The highest BCUT2D eigenvalue weighted by Gasteiger charge is 2.20. The molecule has 0 aliphatic rings. The number of esters is 1. The highest BCUT2D eigenvalue weighted by atomic mass is 127. The van der Waals surface area contributed by atoms with Crippen molar-refractivity contribution in [3.63, 3.8) is 0 Å². The molecule has 17 heavy (non-hydrogen) atoms. The minimum Gasteiger partial charge on any atom is -0.469 e. The second-order valence-corrected chi connectivity index (χ2v) is 4.49. The maximum Gasteiger partial charge on any atom is 0.310 e. The second-order valence-electron chi connectivity index (χ2n) is 3.14. The maximum absolute atomic E-state index is 12.7. The van der Waals surface area contributed by atoms with Gasteiger partial charge in [-0.25, -0.2) is 8.78 Å². The number of nitrogens with zero attached hydrogens (tertiary/aromatic N) is 1. The molecule has 0 aliphatic carbocycles. The molecule has 0 saturated carbocycles. The molecule has 0 aliphatic heterocycles. The van der Waals surface area contributed by atoms with Crippen LogP contribution in [-0.4, -0.2) is 18.1 Å². The van der Waals surface area contributed by atoms with Crippen molar-refractivity contribution in [2.45, 2.75) is 18.7 Å². The van der Waals surface area contributed by atoms with Crippen molar-refractivity contribution in [3.05, 3.63) is 26.6 Å². The van der Waals surface area contributed by atoms with Crippen LogP contribution in [0, 0.1) is 3.57 Å². The van der Waals surface area contributed by atoms with Gasteiger partial charge in [-0.15, -0.1) is 11.6 Å². The van der Waals surface area contributed by atoms with Crippen molar-refractivity contribution in [1.29, 1.82) is 0 Å². The Bertz CT molecular complexity index is 429. The summed E-state index contributed by atoms with van der Waals surface area (Å²) in [4.78, 5) is 15.0. The molecule has 0 N–H and O–H groups in total. The summed E-state index contributed by atoms with van der Waals surface area (Å²) in [6.45, 7) is 0. The van der Waals surface area contributed by atoms with Gasteiger partial charge in [0.25, 0.3) is 6.43 Å². The summed E-state index contributed by atoms with van der Waals surface area (Å²) in [6.07, 6.45) is -1.65. The number of alkyl halides is 3. The first-order valence-electron chi connectivity index (χ1n) is 4.58. The fourth-order valence-corrected chi connectivity index (χ4v) is 2.35. The number of ether oxygens (including phenoxy) is 1. The summed E-state index contributed by atoms with van der Waals surface area (Å²) in [5, 5.41) is 0. The van der Waals surface area contributed by atoms with Crippen molar-refractivity contribution in [2.75, 3.05) is 7.11 Å². The van der Waals surface area contributed by atoms with Gasteiger partial charge in [0.05, 0.1) is 25.1 Å². The quantitative estimate of drug-likeness (QED) is 0.461. The van der Waals surface area contributed by atoms with E-state index in [9.17, 15) is 13.6 Å². The third-order valence-corrected chi connectivity index (χ3v) is 3.66. The summed E-state index contributed by atoms with van der Waals surface area (Å²) < 4.78 is 30.2. The molecule has 0 aromatic carbocycles. The highest BCUT2D eigenvalue weighted by molar-refractivity contribution is 14.1. The van der Waals surface area contributed by atoms with E-state index >= 15 is 0 Å². The van der Waals surface area contributed by atoms with E-state index in [0.29, 0.717) is 14.8 Å². The third kappa shape index (κ3) is 3.48. The zero-order valence-electron chi connectivity index (χ0n) is 8.84. The van der Waals surface area contributed by atoms with Crippen molar-refractivity contribution in [1.82, 2.24) is 4.98 Å². The monoisotopic (exact) mass is 375 g/mol. The Morgan fingerprint density at radius 3 is 2.76 bits per heavy atom. The topological polar surface area (TPSA) is 39.2 Å². The van der Waals surface area contributed by atoms with E-state index < -0.39 is 12.4 Å². The molecular formula is C10H9ClF2INO2. The third-order valence-electron chi connectivity index (χ3n) is 2.14. The summed E-state index contributed by atoms with van der Waals surface area (Å²) in [5.41, 5.74) is 0.634. The van der Waals surface area contributed by atoms with E-state index in [1.54, 1.807) is 22.6 Å². The van der Waals surface area contributed by atoms with Gasteiger partial charge in [-0.3, -0.25) is 9.78 Å². The molecule has 0 fully saturated rings. The van der Waals surface area contributed by atoms with Gasteiger partial charge in [0.1, 0.15) is 0 Å². The molecule has 7 heteroatoms. The number of carbonyl (C=O) groups is 1. The Morgan fingerprint density at radius 1 is 1.65 bits per heavy atom. The lowest BCUT2D eigenvalue weighted by atomic mass is 10.1. The number of aromatic nitrogens is 1. The molecule has 1 rings (SSSR count). The Morgan fingerprint density at radius 2 is 2.29 bits per heavy atom. The Labute approximate surface area is 116 Å². The molecule has 1 heterocycles. The van der Waals surface area contributed by atoms with Gasteiger partial charge in [-0.2, -0.15) is 0 Å². The van der Waals surface area contributed by atoms with Crippen LogP contribution in [0.25, 0.3) is 0 Å². The van der Waals surface area contributed by atoms with Crippen molar-refractivity contribution < 1.29 is 18.3 Å². The highest BCUT2D eigenvalue weighted by Crippen LogP contribution is 2.28. The van der Waals surface area contributed by atoms with Gasteiger partial charge in [0.2, 0.25) is 0 Å². The average molecular weight is 376 g/mol. The van der Waals surface area contributed by atoms with Gasteiger partial charge in [0, 0.05) is 15.3 Å². The Kier molecular flexibility index (Phi) is 5.51. The summed E-state index contributed by atoms with van der Waals surface area (Å²) >= 11 is 7.43. The normalized spacial score (nSPS) is 10.7. The summed E-state index contributed by atoms with van der Waals surface area (Å²) in [7, 11) is 1.24. The summed E-state index contributed by atoms with van der Waals surface area (Å²) in [6, 6.07) is 0. The fraction of sp³-hybridized carbons (Fsp3) is 0.400. The van der Waals surface area contributed by atoms with E-state index in [1.807, 2.05) is 0 Å². The van der Waals surface area contributed by atoms with E-state index in [2.05, 4.69) is 9.72 Å². The number of methoxy groups -OCH3 is 1. The smallest absolute Gasteiger partial charge is 0.310 e.